The molecule has 1 aromatic carbocycles. The number of benzene rings is 1. The van der Waals surface area contributed by atoms with Crippen LogP contribution in [0.4, 0.5) is 0 Å². The van der Waals surface area contributed by atoms with E-state index in [1.165, 1.54) is 4.88 Å². The first kappa shape index (κ1) is 18.6. The first-order chi connectivity index (χ1) is 13.7. The molecule has 0 saturated carbocycles. The molecular weight excluding hydrogens is 372 g/mol. The van der Waals surface area contributed by atoms with Crippen LogP contribution in [-0.4, -0.2) is 30.0 Å². The number of fused-ring (bicyclic) bond motifs is 2. The molecule has 5 nitrogen and oxygen atoms in total. The summed E-state index contributed by atoms with van der Waals surface area (Å²) < 4.78 is 5.38. The highest BCUT2D eigenvalue weighted by atomic mass is 32.1. The molecule has 0 unspecified atom stereocenters. The van der Waals surface area contributed by atoms with E-state index in [2.05, 4.69) is 5.32 Å². The van der Waals surface area contributed by atoms with Gasteiger partial charge >= 0.3 is 5.97 Å². The zero-order valence-corrected chi connectivity index (χ0v) is 16.4. The van der Waals surface area contributed by atoms with E-state index in [1.54, 1.807) is 11.3 Å². The van der Waals surface area contributed by atoms with Crippen molar-refractivity contribution in [1.29, 1.82) is 0 Å². The van der Waals surface area contributed by atoms with Crippen molar-refractivity contribution in [3.05, 3.63) is 63.5 Å². The van der Waals surface area contributed by atoms with Crippen molar-refractivity contribution in [2.24, 2.45) is 0 Å². The van der Waals surface area contributed by atoms with E-state index >= 15 is 0 Å². The SMILES string of the molecule is O=C(COC(=O)c1c2c(nc3ccccc13)CCCC2)NCCc1cccs1. The number of esters is 1. The quantitative estimate of drug-likeness (QED) is 0.648. The number of rotatable bonds is 6. The summed E-state index contributed by atoms with van der Waals surface area (Å²) in [6.07, 6.45) is 4.60. The van der Waals surface area contributed by atoms with Gasteiger partial charge in [0.25, 0.3) is 5.91 Å². The van der Waals surface area contributed by atoms with Crippen LogP contribution in [0.3, 0.4) is 0 Å². The van der Waals surface area contributed by atoms with Gasteiger partial charge in [0.15, 0.2) is 6.61 Å². The number of para-hydroxylation sites is 1. The van der Waals surface area contributed by atoms with E-state index in [4.69, 9.17) is 9.72 Å². The molecule has 1 N–H and O–H groups in total. The Hall–Kier alpha value is -2.73. The number of aromatic nitrogens is 1. The number of nitrogens with one attached hydrogen (secondary N) is 1. The summed E-state index contributed by atoms with van der Waals surface area (Å²) in [5.41, 5.74) is 3.34. The van der Waals surface area contributed by atoms with E-state index < -0.39 is 5.97 Å². The molecule has 1 amide bonds. The number of hydrogen-bond acceptors (Lipinski definition) is 5. The largest absolute Gasteiger partial charge is 0.452 e. The van der Waals surface area contributed by atoms with Gasteiger partial charge in [0, 0.05) is 22.5 Å². The number of amides is 1. The van der Waals surface area contributed by atoms with Gasteiger partial charge in [-0.3, -0.25) is 9.78 Å². The van der Waals surface area contributed by atoms with Crippen LogP contribution in [0.1, 0.15) is 39.3 Å². The standard InChI is InChI=1S/C22H22N2O3S/c25-20(23-12-11-15-6-5-13-28-15)14-27-22(26)21-16-7-1-3-9-18(16)24-19-10-4-2-8-17(19)21/h1,3,5-7,9,13H,2,4,8,10-12,14H2,(H,23,25). The van der Waals surface area contributed by atoms with Gasteiger partial charge in [0.05, 0.1) is 11.1 Å². The summed E-state index contributed by atoms with van der Waals surface area (Å²) in [5.74, 6) is -0.720. The zero-order valence-electron chi connectivity index (χ0n) is 15.6. The zero-order chi connectivity index (χ0) is 19.3. The average molecular weight is 394 g/mol. The van der Waals surface area contributed by atoms with Crippen LogP contribution < -0.4 is 5.32 Å². The van der Waals surface area contributed by atoms with Crippen molar-refractivity contribution < 1.29 is 14.3 Å². The smallest absolute Gasteiger partial charge is 0.339 e. The van der Waals surface area contributed by atoms with Crippen LogP contribution >= 0.6 is 11.3 Å². The van der Waals surface area contributed by atoms with Gasteiger partial charge in [-0.1, -0.05) is 24.3 Å². The van der Waals surface area contributed by atoms with Gasteiger partial charge in [-0.05, 0) is 55.2 Å². The van der Waals surface area contributed by atoms with Crippen LogP contribution in [-0.2, 0) is 28.8 Å². The normalized spacial score (nSPS) is 13.1. The van der Waals surface area contributed by atoms with Crippen LogP contribution in [0.5, 0.6) is 0 Å². The molecule has 0 fully saturated rings. The molecule has 0 bridgehead atoms. The maximum absolute atomic E-state index is 12.9. The lowest BCUT2D eigenvalue weighted by Crippen LogP contribution is -2.30. The van der Waals surface area contributed by atoms with Crippen molar-refractivity contribution in [2.75, 3.05) is 13.2 Å². The highest BCUT2D eigenvalue weighted by Gasteiger charge is 2.24. The van der Waals surface area contributed by atoms with E-state index in [1.807, 2.05) is 41.8 Å². The lowest BCUT2D eigenvalue weighted by molar-refractivity contribution is -0.124. The molecule has 0 saturated heterocycles. The summed E-state index contributed by atoms with van der Waals surface area (Å²) in [6.45, 7) is 0.263. The molecule has 2 aromatic heterocycles. The summed E-state index contributed by atoms with van der Waals surface area (Å²) in [6, 6.07) is 11.7. The fraction of sp³-hybridized carbons (Fsp3) is 0.318. The van der Waals surface area contributed by atoms with Gasteiger partial charge in [-0.2, -0.15) is 0 Å². The highest BCUT2D eigenvalue weighted by molar-refractivity contribution is 7.09. The molecule has 0 aliphatic heterocycles. The van der Waals surface area contributed by atoms with Crippen molar-refractivity contribution in [3.63, 3.8) is 0 Å². The number of aryl methyl sites for hydroxylation is 1. The second kappa shape index (κ2) is 8.52. The maximum atomic E-state index is 12.9. The molecule has 144 valence electrons. The van der Waals surface area contributed by atoms with Crippen LogP contribution in [0.25, 0.3) is 10.9 Å². The second-order valence-electron chi connectivity index (χ2n) is 6.89. The van der Waals surface area contributed by atoms with Crippen molar-refractivity contribution in [1.82, 2.24) is 10.3 Å². The van der Waals surface area contributed by atoms with Gasteiger partial charge in [0.1, 0.15) is 0 Å². The molecule has 3 aromatic rings. The summed E-state index contributed by atoms with van der Waals surface area (Å²) >= 11 is 1.66. The molecule has 28 heavy (non-hydrogen) atoms. The third-order valence-corrected chi connectivity index (χ3v) is 5.92. The van der Waals surface area contributed by atoms with Crippen molar-refractivity contribution in [2.45, 2.75) is 32.1 Å². The molecule has 2 heterocycles. The third-order valence-electron chi connectivity index (χ3n) is 4.98. The van der Waals surface area contributed by atoms with Gasteiger partial charge in [-0.15, -0.1) is 11.3 Å². The van der Waals surface area contributed by atoms with Gasteiger partial charge in [0.2, 0.25) is 0 Å². The van der Waals surface area contributed by atoms with E-state index in [0.29, 0.717) is 12.1 Å². The molecule has 4 rings (SSSR count). The van der Waals surface area contributed by atoms with E-state index in [-0.39, 0.29) is 12.5 Å². The monoisotopic (exact) mass is 394 g/mol. The lowest BCUT2D eigenvalue weighted by Gasteiger charge is -2.19. The Bertz CT molecular complexity index is 998. The van der Waals surface area contributed by atoms with Gasteiger partial charge < -0.3 is 10.1 Å². The minimum absolute atomic E-state index is 0.269. The molecule has 1 aliphatic rings. The first-order valence-corrected chi connectivity index (χ1v) is 10.5. The number of thiophene rings is 1. The Morgan fingerprint density at radius 3 is 2.82 bits per heavy atom. The summed E-state index contributed by atoms with van der Waals surface area (Å²) in [7, 11) is 0. The Morgan fingerprint density at radius 1 is 1.11 bits per heavy atom. The molecule has 6 heteroatoms. The fourth-order valence-corrected chi connectivity index (χ4v) is 4.35. The number of nitrogens with zero attached hydrogens (tertiary/aromatic N) is 1. The fourth-order valence-electron chi connectivity index (χ4n) is 3.64. The molecular formula is C22H22N2O3S. The van der Waals surface area contributed by atoms with E-state index in [0.717, 1.165) is 54.3 Å². The number of hydrogen-bond donors (Lipinski definition) is 1. The molecule has 0 atom stereocenters. The van der Waals surface area contributed by atoms with Crippen LogP contribution in [0.2, 0.25) is 0 Å². The van der Waals surface area contributed by atoms with Crippen molar-refractivity contribution >= 4 is 34.1 Å². The minimum atomic E-state index is -0.440. The first-order valence-electron chi connectivity index (χ1n) is 9.59. The van der Waals surface area contributed by atoms with Crippen LogP contribution in [0, 0.1) is 0 Å². The number of carbonyl (C=O) groups excluding carboxylic acids is 2. The topological polar surface area (TPSA) is 68.3 Å². The Morgan fingerprint density at radius 2 is 1.96 bits per heavy atom. The number of ether oxygens (including phenoxy) is 1. The lowest BCUT2D eigenvalue weighted by atomic mass is 9.90. The second-order valence-corrected chi connectivity index (χ2v) is 7.92. The molecule has 0 spiro atoms. The molecule has 1 aliphatic carbocycles. The number of pyridine rings is 1. The highest BCUT2D eigenvalue weighted by Crippen LogP contribution is 2.29. The van der Waals surface area contributed by atoms with E-state index in [9.17, 15) is 9.59 Å². The number of carbonyl (C=O) groups is 2. The summed E-state index contributed by atoms with van der Waals surface area (Å²) in [4.78, 5) is 30.9. The van der Waals surface area contributed by atoms with Crippen molar-refractivity contribution in [3.8, 4) is 0 Å². The predicted octanol–water partition coefficient (Wildman–Crippen LogP) is 3.69. The van der Waals surface area contributed by atoms with Gasteiger partial charge in [-0.25, -0.2) is 4.79 Å². The van der Waals surface area contributed by atoms with Crippen LogP contribution in [0.15, 0.2) is 41.8 Å². The minimum Gasteiger partial charge on any atom is -0.452 e. The molecule has 0 radical (unpaired) electrons. The third kappa shape index (κ3) is 4.07. The maximum Gasteiger partial charge on any atom is 0.339 e. The Balaban J connectivity index is 1.44. The Labute approximate surface area is 167 Å². The predicted molar refractivity (Wildman–Crippen MR) is 110 cm³/mol. The average Bonchev–Trinajstić information content (AvgIpc) is 3.23. The summed E-state index contributed by atoms with van der Waals surface area (Å²) in [5, 5.41) is 5.62. The Kier molecular flexibility index (Phi) is 5.67.